The molecule has 5 heteroatoms. The molecule has 0 aromatic heterocycles. The molecule has 0 radical (unpaired) electrons. The fourth-order valence-corrected chi connectivity index (χ4v) is 1.61. The van der Waals surface area contributed by atoms with Crippen molar-refractivity contribution >= 4 is 11.9 Å². The fourth-order valence-electron chi connectivity index (χ4n) is 1.61. The molecule has 18 heavy (non-hydrogen) atoms. The molecule has 4 nitrogen and oxygen atoms in total. The van der Waals surface area contributed by atoms with Crippen LogP contribution in [0.15, 0.2) is 18.2 Å². The van der Waals surface area contributed by atoms with Crippen molar-refractivity contribution in [2.75, 3.05) is 0 Å². The molecular weight excluding hydrogens is 237 g/mol. The highest BCUT2D eigenvalue weighted by atomic mass is 19.1. The molecule has 0 unspecified atom stereocenters. The minimum absolute atomic E-state index is 0.229. The van der Waals surface area contributed by atoms with E-state index in [1.807, 2.05) is 0 Å². The van der Waals surface area contributed by atoms with Crippen molar-refractivity contribution in [3.05, 3.63) is 35.1 Å². The number of nitrogens with one attached hydrogen (secondary N) is 1. The van der Waals surface area contributed by atoms with Crippen LogP contribution < -0.4 is 5.32 Å². The van der Waals surface area contributed by atoms with Crippen LogP contribution in [0.4, 0.5) is 4.39 Å². The molecule has 0 bridgehead atoms. The highest BCUT2D eigenvalue weighted by Crippen LogP contribution is 2.11. The van der Waals surface area contributed by atoms with Crippen molar-refractivity contribution in [1.82, 2.24) is 5.32 Å². The Hall–Kier alpha value is -1.91. The minimum Gasteiger partial charge on any atom is -0.480 e. The first-order valence-corrected chi connectivity index (χ1v) is 5.62. The number of carboxylic acid groups (broad SMARTS) is 1. The van der Waals surface area contributed by atoms with Crippen LogP contribution in [0.25, 0.3) is 0 Å². The zero-order chi connectivity index (χ0) is 13.9. The van der Waals surface area contributed by atoms with E-state index in [4.69, 9.17) is 5.11 Å². The highest BCUT2D eigenvalue weighted by molar-refractivity contribution is 5.97. The monoisotopic (exact) mass is 253 g/mol. The lowest BCUT2D eigenvalue weighted by atomic mass is 10.0. The van der Waals surface area contributed by atoms with Gasteiger partial charge in [-0.25, -0.2) is 9.18 Å². The summed E-state index contributed by atoms with van der Waals surface area (Å²) in [5.41, 5.74) is 0.753. The Kier molecular flexibility index (Phi) is 4.42. The van der Waals surface area contributed by atoms with E-state index in [2.05, 4.69) is 5.32 Å². The van der Waals surface area contributed by atoms with E-state index < -0.39 is 23.7 Å². The number of aryl methyl sites for hydroxylation is 1. The van der Waals surface area contributed by atoms with Crippen LogP contribution in [-0.2, 0) is 4.79 Å². The summed E-state index contributed by atoms with van der Waals surface area (Å²) in [4.78, 5) is 22.9. The predicted octanol–water partition coefficient (Wildman–Crippen LogP) is 1.97. The maximum atomic E-state index is 12.9. The molecule has 0 aliphatic heterocycles. The van der Waals surface area contributed by atoms with Gasteiger partial charge in [-0.2, -0.15) is 0 Å². The van der Waals surface area contributed by atoms with Crippen LogP contribution >= 0.6 is 0 Å². The highest BCUT2D eigenvalue weighted by Gasteiger charge is 2.24. The number of carboxylic acids is 1. The normalized spacial score (nSPS) is 12.3. The molecule has 98 valence electrons. The number of benzene rings is 1. The number of hydrogen-bond acceptors (Lipinski definition) is 2. The molecule has 2 N–H and O–H groups in total. The van der Waals surface area contributed by atoms with Gasteiger partial charge >= 0.3 is 5.97 Å². The Bertz CT molecular complexity index is 471. The predicted molar refractivity (Wildman–Crippen MR) is 64.9 cm³/mol. The lowest BCUT2D eigenvalue weighted by molar-refractivity contribution is -0.140. The van der Waals surface area contributed by atoms with Gasteiger partial charge in [0.1, 0.15) is 11.9 Å². The average molecular weight is 253 g/mol. The van der Waals surface area contributed by atoms with Crippen LogP contribution in [0.1, 0.15) is 29.8 Å². The summed E-state index contributed by atoms with van der Waals surface area (Å²) in [6, 6.07) is 2.80. The number of carbonyl (C=O) groups excluding carboxylic acids is 1. The summed E-state index contributed by atoms with van der Waals surface area (Å²) < 4.78 is 12.9. The van der Waals surface area contributed by atoms with E-state index in [-0.39, 0.29) is 11.5 Å². The number of aliphatic carboxylic acids is 1. The second kappa shape index (κ2) is 5.62. The topological polar surface area (TPSA) is 66.4 Å². The Morgan fingerprint density at radius 3 is 2.39 bits per heavy atom. The van der Waals surface area contributed by atoms with E-state index in [0.29, 0.717) is 5.56 Å². The van der Waals surface area contributed by atoms with Gasteiger partial charge < -0.3 is 10.4 Å². The first-order chi connectivity index (χ1) is 8.32. The van der Waals surface area contributed by atoms with Gasteiger partial charge in [-0.3, -0.25) is 4.79 Å². The third-order valence-electron chi connectivity index (χ3n) is 2.65. The second-order valence-corrected chi connectivity index (χ2v) is 4.49. The van der Waals surface area contributed by atoms with Crippen LogP contribution in [0, 0.1) is 18.7 Å². The summed E-state index contributed by atoms with van der Waals surface area (Å²) in [5, 5.41) is 11.4. The maximum absolute atomic E-state index is 12.9. The van der Waals surface area contributed by atoms with E-state index in [1.54, 1.807) is 20.8 Å². The maximum Gasteiger partial charge on any atom is 0.326 e. The van der Waals surface area contributed by atoms with Crippen LogP contribution in [0.5, 0.6) is 0 Å². The summed E-state index contributed by atoms with van der Waals surface area (Å²) in [7, 11) is 0. The van der Waals surface area contributed by atoms with Gasteiger partial charge in [0.25, 0.3) is 5.91 Å². The van der Waals surface area contributed by atoms with Crippen molar-refractivity contribution in [3.63, 3.8) is 0 Å². The molecule has 1 amide bonds. The van der Waals surface area contributed by atoms with Gasteiger partial charge in [-0.1, -0.05) is 13.8 Å². The Labute approximate surface area is 105 Å². The average Bonchev–Trinajstić information content (AvgIpc) is 2.24. The number of rotatable bonds is 4. The van der Waals surface area contributed by atoms with Crippen molar-refractivity contribution < 1.29 is 19.1 Å². The second-order valence-electron chi connectivity index (χ2n) is 4.49. The van der Waals surface area contributed by atoms with E-state index in [9.17, 15) is 14.0 Å². The zero-order valence-electron chi connectivity index (χ0n) is 10.5. The summed E-state index contributed by atoms with van der Waals surface area (Å²) in [6.45, 7) is 5.01. The van der Waals surface area contributed by atoms with Gasteiger partial charge in [0, 0.05) is 5.56 Å². The molecule has 1 rings (SSSR count). The molecule has 0 saturated carbocycles. The Morgan fingerprint density at radius 2 is 1.94 bits per heavy atom. The van der Waals surface area contributed by atoms with Gasteiger partial charge in [0.2, 0.25) is 0 Å². The van der Waals surface area contributed by atoms with Gasteiger partial charge in [0.05, 0.1) is 0 Å². The van der Waals surface area contributed by atoms with Crippen LogP contribution in [0.3, 0.4) is 0 Å². The smallest absolute Gasteiger partial charge is 0.326 e. The molecule has 0 fully saturated rings. The van der Waals surface area contributed by atoms with Crippen LogP contribution in [-0.4, -0.2) is 23.0 Å². The first kappa shape index (κ1) is 14.2. The lowest BCUT2D eigenvalue weighted by Gasteiger charge is -2.18. The Balaban J connectivity index is 2.91. The number of carbonyl (C=O) groups is 2. The van der Waals surface area contributed by atoms with Crippen molar-refractivity contribution in [2.45, 2.75) is 26.8 Å². The van der Waals surface area contributed by atoms with Gasteiger partial charge in [-0.05, 0) is 36.6 Å². The number of halogens is 1. The molecule has 1 aromatic carbocycles. The molecule has 1 aromatic rings. The molecule has 0 aliphatic rings. The molecule has 1 atom stereocenters. The number of amides is 1. The molecular formula is C13H16FNO3. The first-order valence-electron chi connectivity index (χ1n) is 5.62. The van der Waals surface area contributed by atoms with Crippen molar-refractivity contribution in [3.8, 4) is 0 Å². The molecule has 0 aliphatic carbocycles. The summed E-state index contributed by atoms with van der Waals surface area (Å²) >= 11 is 0. The fraction of sp³-hybridized carbons (Fsp3) is 0.385. The Morgan fingerprint density at radius 1 is 1.33 bits per heavy atom. The van der Waals surface area contributed by atoms with Crippen molar-refractivity contribution in [2.24, 2.45) is 5.92 Å². The molecule has 0 saturated heterocycles. The van der Waals surface area contributed by atoms with Gasteiger partial charge in [0.15, 0.2) is 0 Å². The minimum atomic E-state index is -1.09. The third kappa shape index (κ3) is 3.29. The van der Waals surface area contributed by atoms with Gasteiger partial charge in [-0.15, -0.1) is 0 Å². The molecule has 0 spiro atoms. The SMILES string of the molecule is Cc1cc(F)ccc1C(=O)N[C@H](C(=O)O)C(C)C. The molecule has 0 heterocycles. The third-order valence-corrected chi connectivity index (χ3v) is 2.65. The zero-order valence-corrected chi connectivity index (χ0v) is 10.5. The van der Waals surface area contributed by atoms with E-state index in [0.717, 1.165) is 0 Å². The van der Waals surface area contributed by atoms with E-state index in [1.165, 1.54) is 18.2 Å². The quantitative estimate of drug-likeness (QED) is 0.862. The van der Waals surface area contributed by atoms with Crippen LogP contribution in [0.2, 0.25) is 0 Å². The van der Waals surface area contributed by atoms with E-state index >= 15 is 0 Å². The lowest BCUT2D eigenvalue weighted by Crippen LogP contribution is -2.44. The number of hydrogen-bond donors (Lipinski definition) is 2. The largest absolute Gasteiger partial charge is 0.480 e. The van der Waals surface area contributed by atoms with Crippen molar-refractivity contribution in [1.29, 1.82) is 0 Å². The summed E-state index contributed by atoms with van der Waals surface area (Å²) in [6.07, 6.45) is 0. The summed E-state index contributed by atoms with van der Waals surface area (Å²) in [5.74, 6) is -2.25. The standard InChI is InChI=1S/C13H16FNO3/c1-7(2)11(13(17)18)15-12(16)10-5-4-9(14)6-8(10)3/h4-7,11H,1-3H3,(H,15,16)(H,17,18)/t11-/m0/s1.